The summed E-state index contributed by atoms with van der Waals surface area (Å²) in [7, 11) is 0. The lowest BCUT2D eigenvalue weighted by Gasteiger charge is -2.25. The van der Waals surface area contributed by atoms with Crippen molar-refractivity contribution in [2.45, 2.75) is 57.7 Å². The number of nitriles is 1. The van der Waals surface area contributed by atoms with Crippen LogP contribution in [0.2, 0.25) is 0 Å². The second-order valence-corrected chi connectivity index (χ2v) is 7.77. The van der Waals surface area contributed by atoms with Crippen molar-refractivity contribution < 1.29 is 14.3 Å². The molecule has 2 atom stereocenters. The van der Waals surface area contributed by atoms with Gasteiger partial charge < -0.3 is 15.0 Å². The van der Waals surface area contributed by atoms with E-state index in [4.69, 9.17) is 10.00 Å². The van der Waals surface area contributed by atoms with Crippen LogP contribution in [-0.2, 0) is 9.53 Å². The Bertz CT molecular complexity index is 616. The molecule has 1 N–H and O–H groups in total. The van der Waals surface area contributed by atoms with Crippen LogP contribution in [0.1, 0.15) is 51.0 Å². The first-order chi connectivity index (χ1) is 11.3. The maximum absolute atomic E-state index is 12.6. The minimum Gasteiger partial charge on any atom is -0.444 e. The zero-order valence-electron chi connectivity index (χ0n) is 14.2. The van der Waals surface area contributed by atoms with Crippen molar-refractivity contribution in [3.8, 4) is 6.07 Å². The third-order valence-corrected chi connectivity index (χ3v) is 4.66. The van der Waals surface area contributed by atoms with Gasteiger partial charge in [-0.25, -0.2) is 4.79 Å². The second-order valence-electron chi connectivity index (χ2n) is 6.79. The van der Waals surface area contributed by atoms with Gasteiger partial charge in [0.2, 0.25) is 5.91 Å². The van der Waals surface area contributed by atoms with Crippen molar-refractivity contribution in [1.29, 1.82) is 5.26 Å². The monoisotopic (exact) mass is 349 g/mol. The molecule has 1 fully saturated rings. The number of thiophene rings is 1. The molecule has 7 heteroatoms. The van der Waals surface area contributed by atoms with Crippen molar-refractivity contribution >= 4 is 23.3 Å². The molecular formula is C17H23N3O3S. The topological polar surface area (TPSA) is 82.4 Å². The average molecular weight is 349 g/mol. The maximum Gasteiger partial charge on any atom is 0.408 e. The van der Waals surface area contributed by atoms with E-state index in [1.165, 1.54) is 11.3 Å². The fourth-order valence-corrected chi connectivity index (χ4v) is 3.43. The van der Waals surface area contributed by atoms with E-state index in [0.29, 0.717) is 13.0 Å². The molecule has 2 heterocycles. The number of hydrogen-bond acceptors (Lipinski definition) is 5. The number of nitrogens with zero attached hydrogens (tertiary/aromatic N) is 2. The van der Waals surface area contributed by atoms with Crippen molar-refractivity contribution in [3.63, 3.8) is 0 Å². The highest BCUT2D eigenvalue weighted by Crippen LogP contribution is 2.26. The van der Waals surface area contributed by atoms with E-state index in [0.717, 1.165) is 11.3 Å². The lowest BCUT2D eigenvalue weighted by Crippen LogP contribution is -2.39. The molecule has 0 aliphatic carbocycles. The number of carbonyl (C=O) groups excluding carboxylic acids is 2. The fourth-order valence-electron chi connectivity index (χ4n) is 2.65. The van der Waals surface area contributed by atoms with Gasteiger partial charge in [0.15, 0.2) is 0 Å². The molecule has 1 aromatic heterocycles. The Kier molecular flexibility index (Phi) is 5.84. The quantitative estimate of drug-likeness (QED) is 0.905. The van der Waals surface area contributed by atoms with E-state index < -0.39 is 17.7 Å². The van der Waals surface area contributed by atoms with Crippen LogP contribution in [0.4, 0.5) is 4.79 Å². The van der Waals surface area contributed by atoms with Gasteiger partial charge >= 0.3 is 6.09 Å². The zero-order valence-corrected chi connectivity index (χ0v) is 15.1. The lowest BCUT2D eigenvalue weighted by atomic mass is 10.1. The largest absolute Gasteiger partial charge is 0.444 e. The SMILES string of the molecule is CC(C)(C)OC(=O)NC(CC(=O)N1CCCC1C#N)c1cccs1. The highest BCUT2D eigenvalue weighted by atomic mass is 32.1. The summed E-state index contributed by atoms with van der Waals surface area (Å²) >= 11 is 1.48. The van der Waals surface area contributed by atoms with Gasteiger partial charge in [0.25, 0.3) is 0 Å². The van der Waals surface area contributed by atoms with Crippen LogP contribution in [0, 0.1) is 11.3 Å². The molecule has 1 aromatic rings. The summed E-state index contributed by atoms with van der Waals surface area (Å²) in [6.45, 7) is 5.97. The molecule has 0 saturated carbocycles. The second kappa shape index (κ2) is 7.67. The van der Waals surface area contributed by atoms with Crippen LogP contribution in [0.15, 0.2) is 17.5 Å². The maximum atomic E-state index is 12.6. The molecule has 0 aromatic carbocycles. The van der Waals surface area contributed by atoms with Gasteiger partial charge in [-0.2, -0.15) is 5.26 Å². The third kappa shape index (κ3) is 4.96. The molecule has 6 nitrogen and oxygen atoms in total. The summed E-state index contributed by atoms with van der Waals surface area (Å²) in [6.07, 6.45) is 1.13. The molecule has 2 unspecified atom stereocenters. The molecule has 0 bridgehead atoms. The van der Waals surface area contributed by atoms with E-state index in [1.807, 2.05) is 17.5 Å². The number of likely N-dealkylation sites (tertiary alicyclic amines) is 1. The molecular weight excluding hydrogens is 326 g/mol. The van der Waals surface area contributed by atoms with Crippen LogP contribution in [0.5, 0.6) is 0 Å². The predicted octanol–water partition coefficient (Wildman–Crippen LogP) is 3.22. The smallest absolute Gasteiger partial charge is 0.408 e. The van der Waals surface area contributed by atoms with E-state index >= 15 is 0 Å². The van der Waals surface area contributed by atoms with Crippen molar-refractivity contribution in [1.82, 2.24) is 10.2 Å². The molecule has 0 spiro atoms. The number of alkyl carbamates (subject to hydrolysis) is 1. The Balaban J connectivity index is 2.06. The summed E-state index contributed by atoms with van der Waals surface area (Å²) in [6, 6.07) is 5.12. The molecule has 2 rings (SSSR count). The first-order valence-electron chi connectivity index (χ1n) is 8.02. The minimum absolute atomic E-state index is 0.117. The molecule has 0 radical (unpaired) electrons. The summed E-state index contributed by atoms with van der Waals surface area (Å²) in [4.78, 5) is 27.2. The molecule has 1 aliphatic rings. The van der Waals surface area contributed by atoms with Gasteiger partial charge in [0.1, 0.15) is 11.6 Å². The van der Waals surface area contributed by atoms with E-state index in [9.17, 15) is 9.59 Å². The van der Waals surface area contributed by atoms with Gasteiger partial charge in [0.05, 0.1) is 18.5 Å². The van der Waals surface area contributed by atoms with Gasteiger partial charge in [0, 0.05) is 11.4 Å². The third-order valence-electron chi connectivity index (χ3n) is 3.68. The van der Waals surface area contributed by atoms with Gasteiger partial charge in [-0.15, -0.1) is 11.3 Å². The minimum atomic E-state index is -0.602. The van der Waals surface area contributed by atoms with Gasteiger partial charge in [-0.1, -0.05) is 6.07 Å². The van der Waals surface area contributed by atoms with Crippen LogP contribution in [0.25, 0.3) is 0 Å². The highest BCUT2D eigenvalue weighted by Gasteiger charge is 2.31. The number of hydrogen-bond donors (Lipinski definition) is 1. The molecule has 1 saturated heterocycles. The highest BCUT2D eigenvalue weighted by molar-refractivity contribution is 7.10. The average Bonchev–Trinajstić information content (AvgIpc) is 3.15. The standard InChI is InChI=1S/C17H23N3O3S/c1-17(2,3)23-16(22)19-13(14-7-5-9-24-14)10-15(21)20-8-4-6-12(20)11-18/h5,7,9,12-13H,4,6,8,10H2,1-3H3,(H,19,22). The number of ether oxygens (including phenoxy) is 1. The Labute approximate surface area is 146 Å². The van der Waals surface area contributed by atoms with E-state index in [2.05, 4.69) is 11.4 Å². The van der Waals surface area contributed by atoms with Crippen molar-refractivity contribution in [2.75, 3.05) is 6.54 Å². The predicted molar refractivity (Wildman–Crippen MR) is 91.4 cm³/mol. The summed E-state index contributed by atoms with van der Waals surface area (Å²) in [5.74, 6) is -0.117. The Morgan fingerprint density at radius 1 is 1.54 bits per heavy atom. The number of rotatable bonds is 4. The summed E-state index contributed by atoms with van der Waals surface area (Å²) < 4.78 is 5.29. The molecule has 130 valence electrons. The summed E-state index contributed by atoms with van der Waals surface area (Å²) in [5.41, 5.74) is -0.602. The number of carbonyl (C=O) groups is 2. The first-order valence-corrected chi connectivity index (χ1v) is 8.90. The van der Waals surface area contributed by atoms with Crippen LogP contribution >= 0.6 is 11.3 Å². The van der Waals surface area contributed by atoms with E-state index in [-0.39, 0.29) is 18.4 Å². The lowest BCUT2D eigenvalue weighted by molar-refractivity contribution is -0.131. The van der Waals surface area contributed by atoms with Crippen LogP contribution in [0.3, 0.4) is 0 Å². The number of nitrogens with one attached hydrogen (secondary N) is 1. The Morgan fingerprint density at radius 2 is 2.29 bits per heavy atom. The zero-order chi connectivity index (χ0) is 17.7. The Morgan fingerprint density at radius 3 is 2.88 bits per heavy atom. The molecule has 24 heavy (non-hydrogen) atoms. The van der Waals surface area contributed by atoms with E-state index in [1.54, 1.807) is 25.7 Å². The normalized spacial score (nSPS) is 18.8. The fraction of sp³-hybridized carbons (Fsp3) is 0.588. The van der Waals surface area contributed by atoms with Crippen molar-refractivity contribution in [2.24, 2.45) is 0 Å². The molecule has 2 amide bonds. The first kappa shape index (κ1) is 18.3. The van der Waals surface area contributed by atoms with Crippen LogP contribution in [-0.4, -0.2) is 35.1 Å². The molecule has 1 aliphatic heterocycles. The van der Waals surface area contributed by atoms with Gasteiger partial charge in [-0.3, -0.25) is 4.79 Å². The van der Waals surface area contributed by atoms with Gasteiger partial charge in [-0.05, 0) is 45.1 Å². The number of amides is 2. The summed E-state index contributed by atoms with van der Waals surface area (Å²) in [5, 5.41) is 13.8. The van der Waals surface area contributed by atoms with Crippen LogP contribution < -0.4 is 5.32 Å². The van der Waals surface area contributed by atoms with Crippen molar-refractivity contribution in [3.05, 3.63) is 22.4 Å². The Hall–Kier alpha value is -2.07.